The van der Waals surface area contributed by atoms with E-state index in [1.807, 2.05) is 0 Å². The van der Waals surface area contributed by atoms with E-state index in [4.69, 9.17) is 9.47 Å². The summed E-state index contributed by atoms with van der Waals surface area (Å²) in [4.78, 5) is 24.7. The first-order valence-corrected chi connectivity index (χ1v) is 15.0. The highest BCUT2D eigenvalue weighted by Crippen LogP contribution is 2.30. The molecule has 200 valence electrons. The molecule has 0 atom stereocenters. The van der Waals surface area contributed by atoms with Crippen LogP contribution in [-0.4, -0.2) is 25.2 Å². The fourth-order valence-corrected chi connectivity index (χ4v) is 4.97. The third-order valence-corrected chi connectivity index (χ3v) is 7.38. The average Bonchev–Trinajstić information content (AvgIpc) is 2.86. The molecule has 0 aromatic carbocycles. The summed E-state index contributed by atoms with van der Waals surface area (Å²) in [5.74, 6) is -0.165. The van der Waals surface area contributed by atoms with Crippen LogP contribution in [0.3, 0.4) is 0 Å². The lowest BCUT2D eigenvalue weighted by molar-refractivity contribution is -0.155. The van der Waals surface area contributed by atoms with Gasteiger partial charge < -0.3 is 9.47 Å². The van der Waals surface area contributed by atoms with Crippen LogP contribution in [0.2, 0.25) is 0 Å². The normalized spacial score (nSPS) is 18.1. The maximum absolute atomic E-state index is 12.3. The van der Waals surface area contributed by atoms with Gasteiger partial charge in [-0.2, -0.15) is 0 Å². The van der Waals surface area contributed by atoms with Gasteiger partial charge in [0.15, 0.2) is 0 Å². The summed E-state index contributed by atoms with van der Waals surface area (Å²) in [6.45, 7) is 5.60. The van der Waals surface area contributed by atoms with Crippen molar-refractivity contribution in [2.75, 3.05) is 13.2 Å². The lowest BCUT2D eigenvalue weighted by Crippen LogP contribution is -2.28. The number of hydrogen-bond acceptors (Lipinski definition) is 4. The van der Waals surface area contributed by atoms with Crippen LogP contribution in [0.1, 0.15) is 155 Å². The second-order valence-electron chi connectivity index (χ2n) is 10.5. The highest BCUT2D eigenvalue weighted by molar-refractivity contribution is 5.75. The molecule has 4 nitrogen and oxygen atoms in total. The van der Waals surface area contributed by atoms with E-state index in [0.717, 1.165) is 51.4 Å². The molecule has 34 heavy (non-hydrogen) atoms. The molecule has 1 fully saturated rings. The van der Waals surface area contributed by atoms with Crippen molar-refractivity contribution in [2.45, 2.75) is 155 Å². The molecule has 0 aromatic heterocycles. The number of carbonyl (C=O) groups excluding carboxylic acids is 2. The lowest BCUT2D eigenvalue weighted by Gasteiger charge is -2.26. The van der Waals surface area contributed by atoms with E-state index in [1.54, 1.807) is 0 Å². The Balaban J connectivity index is 1.95. The summed E-state index contributed by atoms with van der Waals surface area (Å²) < 4.78 is 11.0. The van der Waals surface area contributed by atoms with Crippen molar-refractivity contribution < 1.29 is 19.1 Å². The Bertz CT molecular complexity index is 438. The standard InChI is InChI=1S/C30H56O4/c1-3-5-7-9-11-13-15-17-19-25-33-29(31)27-21-23-28(24-22-27)30(32)34-26-20-18-16-14-12-10-8-6-4-2/h27-28H,3-26H2,1-2H3. The molecule has 0 spiro atoms. The van der Waals surface area contributed by atoms with Crippen molar-refractivity contribution >= 4 is 11.9 Å². The van der Waals surface area contributed by atoms with Gasteiger partial charge in [0.1, 0.15) is 0 Å². The van der Waals surface area contributed by atoms with Gasteiger partial charge in [-0.15, -0.1) is 0 Å². The Morgan fingerprint density at radius 3 is 1.03 bits per heavy atom. The molecular formula is C30H56O4. The zero-order valence-electron chi connectivity index (χ0n) is 22.8. The predicted molar refractivity (Wildman–Crippen MR) is 142 cm³/mol. The molecule has 0 N–H and O–H groups in total. The number of rotatable bonds is 22. The van der Waals surface area contributed by atoms with Crippen molar-refractivity contribution in [2.24, 2.45) is 11.8 Å². The van der Waals surface area contributed by atoms with Crippen LogP contribution in [0.5, 0.6) is 0 Å². The minimum absolute atomic E-state index is 0.0278. The first-order chi connectivity index (χ1) is 16.7. The Morgan fingerprint density at radius 1 is 0.471 bits per heavy atom. The summed E-state index contributed by atoms with van der Waals surface area (Å²) in [5, 5.41) is 0. The van der Waals surface area contributed by atoms with E-state index in [1.165, 1.54) is 89.9 Å². The Hall–Kier alpha value is -1.06. The van der Waals surface area contributed by atoms with E-state index in [-0.39, 0.29) is 23.8 Å². The van der Waals surface area contributed by atoms with E-state index >= 15 is 0 Å². The average molecular weight is 481 g/mol. The fraction of sp³-hybridized carbons (Fsp3) is 0.933. The molecule has 0 aliphatic heterocycles. The fourth-order valence-electron chi connectivity index (χ4n) is 4.97. The highest BCUT2D eigenvalue weighted by atomic mass is 16.5. The molecule has 1 aliphatic rings. The van der Waals surface area contributed by atoms with Gasteiger partial charge in [-0.1, -0.05) is 117 Å². The van der Waals surface area contributed by atoms with Crippen LogP contribution in [0, 0.1) is 11.8 Å². The molecule has 1 saturated carbocycles. The monoisotopic (exact) mass is 480 g/mol. The molecule has 0 bridgehead atoms. The second kappa shape index (κ2) is 22.4. The highest BCUT2D eigenvalue weighted by Gasteiger charge is 2.31. The Labute approximate surface area is 211 Å². The molecule has 0 saturated heterocycles. The van der Waals surface area contributed by atoms with E-state index in [0.29, 0.717) is 13.2 Å². The first kappa shape index (κ1) is 31.0. The van der Waals surface area contributed by atoms with Crippen molar-refractivity contribution in [1.82, 2.24) is 0 Å². The van der Waals surface area contributed by atoms with Gasteiger partial charge in [0.25, 0.3) is 0 Å². The zero-order valence-corrected chi connectivity index (χ0v) is 22.8. The predicted octanol–water partition coefficient (Wildman–Crippen LogP) is 8.94. The van der Waals surface area contributed by atoms with Crippen LogP contribution in [0.25, 0.3) is 0 Å². The van der Waals surface area contributed by atoms with Crippen LogP contribution < -0.4 is 0 Å². The van der Waals surface area contributed by atoms with Gasteiger partial charge in [-0.05, 0) is 38.5 Å². The van der Waals surface area contributed by atoms with E-state index < -0.39 is 0 Å². The third-order valence-electron chi connectivity index (χ3n) is 7.38. The van der Waals surface area contributed by atoms with Crippen LogP contribution in [0.15, 0.2) is 0 Å². The number of hydrogen-bond donors (Lipinski definition) is 0. The lowest BCUT2D eigenvalue weighted by atomic mass is 9.82. The van der Waals surface area contributed by atoms with Gasteiger partial charge in [-0.3, -0.25) is 9.59 Å². The zero-order chi connectivity index (χ0) is 24.7. The van der Waals surface area contributed by atoms with Gasteiger partial charge in [0.05, 0.1) is 25.0 Å². The molecular weight excluding hydrogens is 424 g/mol. The summed E-state index contributed by atoms with van der Waals surface area (Å²) >= 11 is 0. The quantitative estimate of drug-likeness (QED) is 0.115. The SMILES string of the molecule is CCCCCCCCCCCOC(=O)C1CCC(C(=O)OCCCCCCCCCCC)CC1. The van der Waals surface area contributed by atoms with Crippen molar-refractivity contribution in [3.05, 3.63) is 0 Å². The number of unbranched alkanes of at least 4 members (excludes halogenated alkanes) is 16. The van der Waals surface area contributed by atoms with Crippen LogP contribution in [0.4, 0.5) is 0 Å². The molecule has 0 radical (unpaired) electrons. The Morgan fingerprint density at radius 2 is 0.735 bits per heavy atom. The second-order valence-corrected chi connectivity index (χ2v) is 10.5. The van der Waals surface area contributed by atoms with E-state index in [2.05, 4.69) is 13.8 Å². The number of esters is 2. The largest absolute Gasteiger partial charge is 0.465 e. The van der Waals surface area contributed by atoms with Crippen LogP contribution in [-0.2, 0) is 19.1 Å². The molecule has 1 rings (SSSR count). The molecule has 4 heteroatoms. The molecule has 1 aliphatic carbocycles. The van der Waals surface area contributed by atoms with Gasteiger partial charge in [0, 0.05) is 0 Å². The smallest absolute Gasteiger partial charge is 0.308 e. The summed E-state index contributed by atoms with van der Waals surface area (Å²) in [6.07, 6.45) is 25.8. The van der Waals surface area contributed by atoms with Gasteiger partial charge >= 0.3 is 11.9 Å². The minimum Gasteiger partial charge on any atom is -0.465 e. The van der Waals surface area contributed by atoms with Crippen molar-refractivity contribution in [1.29, 1.82) is 0 Å². The topological polar surface area (TPSA) is 52.6 Å². The third kappa shape index (κ3) is 16.5. The van der Waals surface area contributed by atoms with E-state index in [9.17, 15) is 9.59 Å². The van der Waals surface area contributed by atoms with Crippen LogP contribution >= 0.6 is 0 Å². The number of ether oxygens (including phenoxy) is 2. The van der Waals surface area contributed by atoms with Crippen molar-refractivity contribution in [3.8, 4) is 0 Å². The van der Waals surface area contributed by atoms with Crippen molar-refractivity contribution in [3.63, 3.8) is 0 Å². The Kier molecular flexibility index (Phi) is 20.4. The first-order valence-electron chi connectivity index (χ1n) is 15.0. The summed E-state index contributed by atoms with van der Waals surface area (Å²) in [6, 6.07) is 0. The maximum Gasteiger partial charge on any atom is 0.308 e. The summed E-state index contributed by atoms with van der Waals surface area (Å²) in [5.41, 5.74) is 0. The molecule has 0 unspecified atom stereocenters. The minimum atomic E-state index is -0.0546. The summed E-state index contributed by atoms with van der Waals surface area (Å²) in [7, 11) is 0. The van der Waals surface area contributed by atoms with Gasteiger partial charge in [0.2, 0.25) is 0 Å². The molecule has 0 amide bonds. The maximum atomic E-state index is 12.3. The molecule has 0 aromatic rings. The number of carbonyl (C=O) groups is 2. The molecule has 0 heterocycles. The van der Waals surface area contributed by atoms with Gasteiger partial charge in [-0.25, -0.2) is 0 Å².